The quantitative estimate of drug-likeness (QED) is 0.251. The normalized spacial score (nSPS) is 18.0. The molecule has 0 fully saturated rings. The second-order valence-corrected chi connectivity index (χ2v) is 2.86. The molecule has 15 heavy (non-hydrogen) atoms. The van der Waals surface area contributed by atoms with E-state index in [-0.39, 0.29) is 41.6 Å². The SMILES string of the molecule is CNC[C@H](O)[C@@H](O)[C@H](O)[C@H](O)CO.[Na+].[OH-]. The van der Waals surface area contributed by atoms with Crippen molar-refractivity contribution in [1.82, 2.24) is 5.32 Å². The van der Waals surface area contributed by atoms with Crippen LogP contribution in [0.25, 0.3) is 0 Å². The summed E-state index contributed by atoms with van der Waals surface area (Å²) in [5.41, 5.74) is 0. The van der Waals surface area contributed by atoms with Gasteiger partial charge in [0.1, 0.15) is 18.3 Å². The standard InChI is InChI=1S/C7H17NO5.Na.H2O/c1-8-2-4(10)6(12)7(13)5(11)3-9;;/h4-13H,2-3H2,1H3;;1H2/q;+1;/p-1/t4-,5+,6+,7+;;/m0../s1. The molecule has 0 bridgehead atoms. The van der Waals surface area contributed by atoms with E-state index in [1.54, 1.807) is 7.05 Å². The average molecular weight is 235 g/mol. The Morgan fingerprint density at radius 1 is 1.00 bits per heavy atom. The predicted octanol–water partition coefficient (Wildman–Crippen LogP) is -6.53. The molecule has 0 heterocycles. The number of hydrogen-bond donors (Lipinski definition) is 6. The number of hydrogen-bond acceptors (Lipinski definition) is 7. The van der Waals surface area contributed by atoms with Gasteiger partial charge in [0.2, 0.25) is 0 Å². The van der Waals surface area contributed by atoms with Crippen LogP contribution < -0.4 is 34.9 Å². The summed E-state index contributed by atoms with van der Waals surface area (Å²) in [4.78, 5) is 0. The van der Waals surface area contributed by atoms with Gasteiger partial charge >= 0.3 is 29.6 Å². The monoisotopic (exact) mass is 235 g/mol. The summed E-state index contributed by atoms with van der Waals surface area (Å²) in [5, 5.41) is 47.5. The Labute approximate surface area is 110 Å². The topological polar surface area (TPSA) is 143 Å². The molecule has 88 valence electrons. The summed E-state index contributed by atoms with van der Waals surface area (Å²) in [6.07, 6.45) is -5.65. The summed E-state index contributed by atoms with van der Waals surface area (Å²) < 4.78 is 0. The third-order valence-corrected chi connectivity index (χ3v) is 1.74. The zero-order valence-corrected chi connectivity index (χ0v) is 10.9. The van der Waals surface area contributed by atoms with Crippen LogP contribution in [-0.4, -0.2) is 75.6 Å². The zero-order valence-electron chi connectivity index (χ0n) is 8.91. The first-order chi connectivity index (χ1) is 6.04. The number of nitrogens with one attached hydrogen (secondary N) is 1. The van der Waals surface area contributed by atoms with Crippen molar-refractivity contribution in [1.29, 1.82) is 0 Å². The van der Waals surface area contributed by atoms with Crippen molar-refractivity contribution in [3.63, 3.8) is 0 Å². The minimum Gasteiger partial charge on any atom is -0.870 e. The van der Waals surface area contributed by atoms with Gasteiger partial charge in [-0.3, -0.25) is 0 Å². The second kappa shape index (κ2) is 11.2. The third kappa shape index (κ3) is 7.58. The molecule has 0 aromatic heterocycles. The Balaban J connectivity index is -0.000000720. The summed E-state index contributed by atoms with van der Waals surface area (Å²) in [6, 6.07) is 0. The molecule has 0 radical (unpaired) electrons. The predicted molar refractivity (Wildman–Crippen MR) is 47.0 cm³/mol. The third-order valence-electron chi connectivity index (χ3n) is 1.74. The molecule has 4 atom stereocenters. The van der Waals surface area contributed by atoms with E-state index in [9.17, 15) is 5.11 Å². The van der Waals surface area contributed by atoms with Gasteiger partial charge in [-0.2, -0.15) is 0 Å². The molecule has 8 heteroatoms. The maximum absolute atomic E-state index is 9.21. The molecular weight excluding hydrogens is 217 g/mol. The fourth-order valence-corrected chi connectivity index (χ4v) is 0.893. The Hall–Kier alpha value is 0.720. The molecule has 0 saturated carbocycles. The van der Waals surface area contributed by atoms with Gasteiger partial charge in [-0.25, -0.2) is 0 Å². The molecule has 0 saturated heterocycles. The molecule has 0 aliphatic carbocycles. The van der Waals surface area contributed by atoms with Crippen molar-refractivity contribution in [3.8, 4) is 0 Å². The van der Waals surface area contributed by atoms with Crippen molar-refractivity contribution in [2.75, 3.05) is 20.2 Å². The van der Waals surface area contributed by atoms with E-state index >= 15 is 0 Å². The number of aliphatic hydroxyl groups is 5. The number of rotatable bonds is 6. The smallest absolute Gasteiger partial charge is 0.870 e. The molecule has 0 aliphatic rings. The van der Waals surface area contributed by atoms with Gasteiger partial charge in [0.15, 0.2) is 0 Å². The van der Waals surface area contributed by atoms with Crippen molar-refractivity contribution in [3.05, 3.63) is 0 Å². The fourth-order valence-electron chi connectivity index (χ4n) is 0.893. The molecule has 0 aromatic carbocycles. The van der Waals surface area contributed by atoms with Crippen LogP contribution >= 0.6 is 0 Å². The van der Waals surface area contributed by atoms with Crippen LogP contribution in [0, 0.1) is 0 Å². The van der Waals surface area contributed by atoms with Gasteiger partial charge in [0.25, 0.3) is 0 Å². The van der Waals surface area contributed by atoms with Gasteiger partial charge in [-0.15, -0.1) is 0 Å². The van der Waals surface area contributed by atoms with Gasteiger partial charge in [-0.05, 0) is 7.05 Å². The first-order valence-corrected chi connectivity index (χ1v) is 4.02. The zero-order chi connectivity index (χ0) is 10.4. The van der Waals surface area contributed by atoms with Gasteiger partial charge in [-0.1, -0.05) is 0 Å². The molecule has 7 nitrogen and oxygen atoms in total. The molecular formula is C7H18NNaO6. The van der Waals surface area contributed by atoms with Crippen molar-refractivity contribution >= 4 is 0 Å². The van der Waals surface area contributed by atoms with E-state index in [0.29, 0.717) is 0 Å². The van der Waals surface area contributed by atoms with Crippen LogP contribution in [0.4, 0.5) is 0 Å². The minimum absolute atomic E-state index is 0. The van der Waals surface area contributed by atoms with Crippen LogP contribution in [0.3, 0.4) is 0 Å². The average Bonchev–Trinajstić information content (AvgIpc) is 2.14. The fraction of sp³-hybridized carbons (Fsp3) is 1.00. The number of likely N-dealkylation sites (N-methyl/N-ethyl adjacent to an activating group) is 1. The van der Waals surface area contributed by atoms with E-state index in [1.165, 1.54) is 0 Å². The Morgan fingerprint density at radius 3 is 1.73 bits per heavy atom. The van der Waals surface area contributed by atoms with Crippen LogP contribution in [-0.2, 0) is 0 Å². The first-order valence-electron chi connectivity index (χ1n) is 4.02. The van der Waals surface area contributed by atoms with Crippen molar-refractivity contribution in [2.45, 2.75) is 24.4 Å². The van der Waals surface area contributed by atoms with Crippen LogP contribution in [0.5, 0.6) is 0 Å². The van der Waals surface area contributed by atoms with Crippen molar-refractivity contribution in [2.24, 2.45) is 0 Å². The van der Waals surface area contributed by atoms with Gasteiger partial charge in [0, 0.05) is 6.54 Å². The van der Waals surface area contributed by atoms with E-state index in [0.717, 1.165) is 0 Å². The van der Waals surface area contributed by atoms with Crippen LogP contribution in [0.2, 0.25) is 0 Å². The summed E-state index contributed by atoms with van der Waals surface area (Å²) in [5.74, 6) is 0. The second-order valence-electron chi connectivity index (χ2n) is 2.86. The molecule has 0 rings (SSSR count). The maximum atomic E-state index is 9.21. The molecule has 0 spiro atoms. The molecule has 0 unspecified atom stereocenters. The molecule has 0 aromatic rings. The van der Waals surface area contributed by atoms with Crippen LogP contribution in [0.1, 0.15) is 0 Å². The van der Waals surface area contributed by atoms with Gasteiger partial charge < -0.3 is 36.3 Å². The number of aliphatic hydroxyl groups excluding tert-OH is 5. The first kappa shape index (κ1) is 21.1. The van der Waals surface area contributed by atoms with Crippen molar-refractivity contribution < 1.29 is 60.6 Å². The van der Waals surface area contributed by atoms with Crippen LogP contribution in [0.15, 0.2) is 0 Å². The van der Waals surface area contributed by atoms with Gasteiger partial charge in [0.05, 0.1) is 12.7 Å². The Bertz CT molecular complexity index is 141. The molecule has 7 N–H and O–H groups in total. The molecule has 0 amide bonds. The summed E-state index contributed by atoms with van der Waals surface area (Å²) in [7, 11) is 1.57. The van der Waals surface area contributed by atoms with E-state index in [4.69, 9.17) is 20.4 Å². The summed E-state index contributed by atoms with van der Waals surface area (Å²) in [6.45, 7) is -0.569. The van der Waals surface area contributed by atoms with E-state index in [2.05, 4.69) is 5.32 Å². The Morgan fingerprint density at radius 2 is 1.40 bits per heavy atom. The summed E-state index contributed by atoms with van der Waals surface area (Å²) >= 11 is 0. The Kier molecular flexibility index (Phi) is 15.7. The molecule has 0 aliphatic heterocycles. The largest absolute Gasteiger partial charge is 1.00 e. The van der Waals surface area contributed by atoms with E-state index in [1.807, 2.05) is 0 Å². The maximum Gasteiger partial charge on any atom is 1.00 e. The minimum atomic E-state index is -1.55. The van der Waals surface area contributed by atoms with E-state index < -0.39 is 31.0 Å².